The Morgan fingerprint density at radius 2 is 2.35 bits per heavy atom. The van der Waals surface area contributed by atoms with Gasteiger partial charge in [-0.25, -0.2) is 0 Å². The van der Waals surface area contributed by atoms with Crippen LogP contribution in [0.1, 0.15) is 31.3 Å². The Kier molecular flexibility index (Phi) is 4.31. The number of carbonyl (C=O) groups excluding carboxylic acids is 1. The van der Waals surface area contributed by atoms with Crippen LogP contribution in [0.25, 0.3) is 0 Å². The molecule has 1 aromatic rings. The Morgan fingerprint density at radius 1 is 1.71 bits per heavy atom. The second-order valence-electron chi connectivity index (χ2n) is 4.13. The third-order valence-electron chi connectivity index (χ3n) is 2.53. The Hall–Kier alpha value is -1.78. The van der Waals surface area contributed by atoms with Gasteiger partial charge < -0.3 is 10.6 Å². The summed E-state index contributed by atoms with van der Waals surface area (Å²) in [7, 11) is 0. The van der Waals surface area contributed by atoms with E-state index in [1.54, 1.807) is 21.9 Å². The molecule has 94 valence electrons. The van der Waals surface area contributed by atoms with Gasteiger partial charge in [0.1, 0.15) is 0 Å². The molecule has 0 spiro atoms. The fraction of sp³-hybridized carbons (Fsp3) is 0.500. The van der Waals surface area contributed by atoms with Crippen LogP contribution in [0.4, 0.5) is 5.69 Å². The quantitative estimate of drug-likeness (QED) is 0.788. The first kappa shape index (κ1) is 13.3. The number of nitrogens with zero attached hydrogens (tertiary/aromatic N) is 3. The van der Waals surface area contributed by atoms with E-state index in [1.807, 2.05) is 20.8 Å². The van der Waals surface area contributed by atoms with E-state index < -0.39 is 0 Å². The largest absolute Gasteiger partial charge is 0.396 e. The van der Waals surface area contributed by atoms with Crippen molar-refractivity contribution >= 4 is 11.6 Å². The number of carbonyl (C=O) groups is 1. The monoisotopic (exact) mass is 236 g/mol. The van der Waals surface area contributed by atoms with Gasteiger partial charge in [0.2, 0.25) is 0 Å². The first-order chi connectivity index (χ1) is 8.01. The molecule has 0 fully saturated rings. The minimum absolute atomic E-state index is 0.0895. The summed E-state index contributed by atoms with van der Waals surface area (Å²) < 4.78 is 1.66. The molecule has 0 saturated carbocycles. The summed E-state index contributed by atoms with van der Waals surface area (Å²) >= 11 is 0. The van der Waals surface area contributed by atoms with Crippen LogP contribution in [0.2, 0.25) is 0 Å². The maximum atomic E-state index is 12.2. The molecule has 0 unspecified atom stereocenters. The van der Waals surface area contributed by atoms with E-state index in [9.17, 15) is 4.79 Å². The highest BCUT2D eigenvalue weighted by Crippen LogP contribution is 2.14. The predicted molar refractivity (Wildman–Crippen MR) is 68.7 cm³/mol. The van der Waals surface area contributed by atoms with E-state index in [0.717, 1.165) is 0 Å². The molecule has 1 amide bonds. The van der Waals surface area contributed by atoms with Gasteiger partial charge in [0.05, 0.1) is 5.69 Å². The number of nitrogen functional groups attached to an aromatic ring is 1. The van der Waals surface area contributed by atoms with Crippen LogP contribution in [0.3, 0.4) is 0 Å². The zero-order valence-corrected chi connectivity index (χ0v) is 10.7. The number of hydrogen-bond acceptors (Lipinski definition) is 3. The first-order valence-corrected chi connectivity index (χ1v) is 5.76. The molecule has 2 N–H and O–H groups in total. The van der Waals surface area contributed by atoms with E-state index in [1.165, 1.54) is 0 Å². The Labute approximate surface area is 102 Å². The number of nitrogens with two attached hydrogens (primary N) is 1. The molecule has 1 heterocycles. The zero-order chi connectivity index (χ0) is 13.0. The molecule has 5 heteroatoms. The van der Waals surface area contributed by atoms with E-state index in [2.05, 4.69) is 11.7 Å². The van der Waals surface area contributed by atoms with Crippen molar-refractivity contribution in [2.45, 2.75) is 33.4 Å². The summed E-state index contributed by atoms with van der Waals surface area (Å²) in [5, 5.41) is 4.18. The van der Waals surface area contributed by atoms with Crippen molar-refractivity contribution in [2.75, 3.05) is 12.3 Å². The van der Waals surface area contributed by atoms with Gasteiger partial charge in [-0.3, -0.25) is 9.48 Å². The molecule has 1 aromatic heterocycles. The van der Waals surface area contributed by atoms with Crippen molar-refractivity contribution in [3.05, 3.63) is 24.5 Å². The van der Waals surface area contributed by atoms with Gasteiger partial charge in [0.15, 0.2) is 5.69 Å². The third-order valence-corrected chi connectivity index (χ3v) is 2.53. The highest BCUT2D eigenvalue weighted by Gasteiger charge is 2.22. The summed E-state index contributed by atoms with van der Waals surface area (Å²) in [6.45, 7) is 10.7. The number of rotatable bonds is 5. The average molecular weight is 236 g/mol. The Balaban J connectivity index is 3.00. The number of anilines is 1. The van der Waals surface area contributed by atoms with Crippen LogP contribution in [0.5, 0.6) is 0 Å². The Bertz CT molecular complexity index is 409. The average Bonchev–Trinajstić information content (AvgIpc) is 2.66. The smallest absolute Gasteiger partial charge is 0.277 e. The molecule has 0 bridgehead atoms. The molecule has 0 aliphatic rings. The van der Waals surface area contributed by atoms with E-state index in [-0.39, 0.29) is 11.9 Å². The van der Waals surface area contributed by atoms with Crippen LogP contribution in [-0.4, -0.2) is 33.2 Å². The summed E-state index contributed by atoms with van der Waals surface area (Å²) in [4.78, 5) is 13.9. The molecular formula is C12H20N4O. The van der Waals surface area contributed by atoms with Crippen LogP contribution in [-0.2, 0) is 6.54 Å². The van der Waals surface area contributed by atoms with Gasteiger partial charge in [-0.1, -0.05) is 6.08 Å². The minimum atomic E-state index is -0.149. The molecule has 1 rings (SSSR count). The maximum absolute atomic E-state index is 12.2. The van der Waals surface area contributed by atoms with Gasteiger partial charge in [0.25, 0.3) is 5.91 Å². The number of aromatic nitrogens is 2. The van der Waals surface area contributed by atoms with Crippen LogP contribution >= 0.6 is 0 Å². The molecule has 0 radical (unpaired) electrons. The summed E-state index contributed by atoms with van der Waals surface area (Å²) in [6.07, 6.45) is 3.38. The van der Waals surface area contributed by atoms with Gasteiger partial charge in [-0.15, -0.1) is 6.58 Å². The van der Waals surface area contributed by atoms with E-state index in [4.69, 9.17) is 5.73 Å². The van der Waals surface area contributed by atoms with Crippen molar-refractivity contribution in [1.82, 2.24) is 14.7 Å². The zero-order valence-electron chi connectivity index (χ0n) is 10.7. The highest BCUT2D eigenvalue weighted by atomic mass is 16.2. The summed E-state index contributed by atoms with van der Waals surface area (Å²) in [5.41, 5.74) is 6.54. The fourth-order valence-corrected chi connectivity index (χ4v) is 1.57. The standard InChI is InChI=1S/C12H20N4O/c1-5-7-16(9(3)4)12(17)11-10(13)8-15(6-2)14-11/h5,8-9H,1,6-7,13H2,2-4H3. The molecule has 0 aromatic carbocycles. The van der Waals surface area contributed by atoms with E-state index >= 15 is 0 Å². The summed E-state index contributed by atoms with van der Waals surface area (Å²) in [6, 6.07) is 0.0895. The predicted octanol–water partition coefficient (Wildman–Crippen LogP) is 1.52. The molecule has 5 nitrogen and oxygen atoms in total. The number of amides is 1. The first-order valence-electron chi connectivity index (χ1n) is 5.76. The van der Waals surface area contributed by atoms with Gasteiger partial charge >= 0.3 is 0 Å². The molecule has 0 saturated heterocycles. The second kappa shape index (κ2) is 5.52. The van der Waals surface area contributed by atoms with Crippen molar-refractivity contribution in [1.29, 1.82) is 0 Å². The summed E-state index contributed by atoms with van der Waals surface area (Å²) in [5.74, 6) is -0.149. The van der Waals surface area contributed by atoms with Gasteiger partial charge in [-0.2, -0.15) is 5.10 Å². The van der Waals surface area contributed by atoms with Gasteiger partial charge in [-0.05, 0) is 20.8 Å². The van der Waals surface area contributed by atoms with Crippen LogP contribution < -0.4 is 5.73 Å². The molecule has 17 heavy (non-hydrogen) atoms. The lowest BCUT2D eigenvalue weighted by Gasteiger charge is -2.24. The highest BCUT2D eigenvalue weighted by molar-refractivity contribution is 5.97. The molecule has 0 atom stereocenters. The van der Waals surface area contributed by atoms with E-state index in [0.29, 0.717) is 24.5 Å². The molecule has 0 aliphatic carbocycles. The topological polar surface area (TPSA) is 64.2 Å². The third kappa shape index (κ3) is 2.87. The lowest BCUT2D eigenvalue weighted by Crippen LogP contribution is -2.37. The van der Waals surface area contributed by atoms with Crippen LogP contribution in [0, 0.1) is 0 Å². The minimum Gasteiger partial charge on any atom is -0.396 e. The molecule has 0 aliphatic heterocycles. The van der Waals surface area contributed by atoms with Crippen molar-refractivity contribution < 1.29 is 4.79 Å². The van der Waals surface area contributed by atoms with Crippen LogP contribution in [0.15, 0.2) is 18.9 Å². The Morgan fingerprint density at radius 3 is 2.76 bits per heavy atom. The number of hydrogen-bond donors (Lipinski definition) is 1. The number of aryl methyl sites for hydroxylation is 1. The van der Waals surface area contributed by atoms with Gasteiger partial charge in [0, 0.05) is 25.3 Å². The lowest BCUT2D eigenvalue weighted by molar-refractivity contribution is 0.0723. The fourth-order valence-electron chi connectivity index (χ4n) is 1.57. The lowest BCUT2D eigenvalue weighted by atomic mass is 10.2. The second-order valence-corrected chi connectivity index (χ2v) is 4.13. The SMILES string of the molecule is C=CCN(C(=O)c1nn(CC)cc1N)C(C)C. The van der Waals surface area contributed by atoms with Crippen molar-refractivity contribution in [3.8, 4) is 0 Å². The molecular weight excluding hydrogens is 216 g/mol. The van der Waals surface area contributed by atoms with Crippen molar-refractivity contribution in [3.63, 3.8) is 0 Å². The normalized spacial score (nSPS) is 10.6. The van der Waals surface area contributed by atoms with Crippen molar-refractivity contribution in [2.24, 2.45) is 0 Å². The maximum Gasteiger partial charge on any atom is 0.277 e.